The van der Waals surface area contributed by atoms with Crippen molar-refractivity contribution in [2.24, 2.45) is 0 Å². The third-order valence-corrected chi connectivity index (χ3v) is 4.79. The number of aromatic hydroxyl groups is 1. The number of para-hydroxylation sites is 1. The van der Waals surface area contributed by atoms with E-state index in [4.69, 9.17) is 9.47 Å². The highest BCUT2D eigenvalue weighted by atomic mass is 19.1. The molecule has 2 rings (SSSR count). The van der Waals surface area contributed by atoms with Gasteiger partial charge in [0.1, 0.15) is 11.6 Å². The number of benzene rings is 1. The third kappa shape index (κ3) is 5.50. The van der Waals surface area contributed by atoms with Gasteiger partial charge in [0, 0.05) is 13.2 Å². The standard InChI is InChI=1S/C23H27FN2O5/c1-5-18(31-19-10-7-6-9-17(19)24)21(27)20-15(4)16(13-25)22(28)26(23(20)29)11-8-12-30-14(2)3/h6-7,9-10,14,18,29H,5,8,11-12H2,1-4H3. The Morgan fingerprint density at radius 2 is 2.00 bits per heavy atom. The van der Waals surface area contributed by atoms with E-state index in [9.17, 15) is 24.3 Å². The van der Waals surface area contributed by atoms with E-state index in [0.717, 1.165) is 4.57 Å². The lowest BCUT2D eigenvalue weighted by molar-refractivity contribution is 0.0741. The van der Waals surface area contributed by atoms with Crippen LogP contribution in [0.2, 0.25) is 0 Å². The van der Waals surface area contributed by atoms with E-state index in [2.05, 4.69) is 0 Å². The number of rotatable bonds is 10. The Bertz CT molecular complexity index is 1040. The summed E-state index contributed by atoms with van der Waals surface area (Å²) in [5.41, 5.74) is -1.02. The number of carbonyl (C=O) groups excluding carboxylic acids is 1. The highest BCUT2D eigenvalue weighted by molar-refractivity contribution is 6.03. The topological polar surface area (TPSA) is 102 Å². The van der Waals surface area contributed by atoms with Crippen molar-refractivity contribution in [2.45, 2.75) is 59.3 Å². The van der Waals surface area contributed by atoms with E-state index in [-0.39, 0.29) is 41.5 Å². The fraction of sp³-hybridized carbons (Fsp3) is 0.435. The Hall–Kier alpha value is -3.18. The van der Waals surface area contributed by atoms with E-state index in [1.165, 1.54) is 25.1 Å². The van der Waals surface area contributed by atoms with Crippen molar-refractivity contribution in [3.63, 3.8) is 0 Å². The molecule has 1 N–H and O–H groups in total. The second-order valence-corrected chi connectivity index (χ2v) is 7.35. The molecule has 0 bridgehead atoms. The summed E-state index contributed by atoms with van der Waals surface area (Å²) in [6, 6.07) is 7.50. The van der Waals surface area contributed by atoms with Gasteiger partial charge in [-0.1, -0.05) is 19.1 Å². The molecule has 0 radical (unpaired) electrons. The number of halogens is 1. The third-order valence-electron chi connectivity index (χ3n) is 4.79. The predicted octanol–water partition coefficient (Wildman–Crippen LogP) is 3.73. The molecule has 0 saturated heterocycles. The summed E-state index contributed by atoms with van der Waals surface area (Å²) in [5, 5.41) is 20.2. The minimum atomic E-state index is -1.11. The van der Waals surface area contributed by atoms with Crippen LogP contribution in [0.1, 0.15) is 55.1 Å². The number of hydrogen-bond acceptors (Lipinski definition) is 6. The first-order chi connectivity index (χ1) is 14.7. The van der Waals surface area contributed by atoms with Gasteiger partial charge in [0.15, 0.2) is 17.7 Å². The highest BCUT2D eigenvalue weighted by Crippen LogP contribution is 2.27. The van der Waals surface area contributed by atoms with Gasteiger partial charge in [-0.25, -0.2) is 4.39 Å². The molecule has 0 aliphatic heterocycles. The number of carbonyl (C=O) groups is 1. The number of ether oxygens (including phenoxy) is 2. The molecule has 7 nitrogen and oxygen atoms in total. The molecule has 0 spiro atoms. The number of ketones is 1. The van der Waals surface area contributed by atoms with Crippen molar-refractivity contribution in [2.75, 3.05) is 6.61 Å². The lowest BCUT2D eigenvalue weighted by Gasteiger charge is -2.20. The highest BCUT2D eigenvalue weighted by Gasteiger charge is 2.30. The molecule has 0 aliphatic carbocycles. The smallest absolute Gasteiger partial charge is 0.271 e. The second kappa shape index (κ2) is 10.7. The molecule has 1 aromatic carbocycles. The van der Waals surface area contributed by atoms with Gasteiger partial charge in [0.2, 0.25) is 11.7 Å². The first-order valence-corrected chi connectivity index (χ1v) is 10.2. The molecular formula is C23H27FN2O5. The number of pyridine rings is 1. The molecule has 0 amide bonds. The monoisotopic (exact) mass is 430 g/mol. The minimum absolute atomic E-state index is 0.0102. The van der Waals surface area contributed by atoms with E-state index in [0.29, 0.717) is 13.0 Å². The zero-order chi connectivity index (χ0) is 23.1. The lowest BCUT2D eigenvalue weighted by atomic mass is 9.97. The molecule has 1 heterocycles. The zero-order valence-electron chi connectivity index (χ0n) is 18.1. The predicted molar refractivity (Wildman–Crippen MR) is 113 cm³/mol. The molecule has 1 aromatic heterocycles. The fourth-order valence-electron chi connectivity index (χ4n) is 3.17. The Morgan fingerprint density at radius 3 is 2.58 bits per heavy atom. The van der Waals surface area contributed by atoms with Crippen LogP contribution in [0, 0.1) is 24.1 Å². The quantitative estimate of drug-likeness (QED) is 0.455. The second-order valence-electron chi connectivity index (χ2n) is 7.35. The van der Waals surface area contributed by atoms with Crippen molar-refractivity contribution < 1.29 is 23.8 Å². The maximum absolute atomic E-state index is 14.0. The van der Waals surface area contributed by atoms with Crippen LogP contribution in [0.3, 0.4) is 0 Å². The number of Topliss-reactive ketones (excluding diaryl/α,β-unsaturated/α-hetero) is 1. The Balaban J connectivity index is 2.44. The molecule has 2 aromatic rings. The first kappa shape index (κ1) is 24.1. The van der Waals surface area contributed by atoms with E-state index >= 15 is 0 Å². The zero-order valence-corrected chi connectivity index (χ0v) is 18.1. The summed E-state index contributed by atoms with van der Waals surface area (Å²) < 4.78 is 26.0. The Labute approximate surface area is 180 Å². The average Bonchev–Trinajstić information content (AvgIpc) is 2.72. The van der Waals surface area contributed by atoms with Gasteiger partial charge in [-0.2, -0.15) is 5.26 Å². The molecule has 1 atom stereocenters. The maximum atomic E-state index is 14.0. The van der Waals surface area contributed by atoms with Crippen LogP contribution in [0.25, 0.3) is 0 Å². The summed E-state index contributed by atoms with van der Waals surface area (Å²) in [6.45, 7) is 7.27. The van der Waals surface area contributed by atoms with Crippen molar-refractivity contribution in [1.29, 1.82) is 5.26 Å². The number of nitrogens with zero attached hydrogens (tertiary/aromatic N) is 2. The maximum Gasteiger partial charge on any atom is 0.271 e. The van der Waals surface area contributed by atoms with Gasteiger partial charge >= 0.3 is 0 Å². The molecular weight excluding hydrogens is 403 g/mol. The Morgan fingerprint density at radius 1 is 1.32 bits per heavy atom. The van der Waals surface area contributed by atoms with Gasteiger partial charge in [-0.15, -0.1) is 0 Å². The molecule has 0 saturated carbocycles. The SMILES string of the molecule is CCC(Oc1ccccc1F)C(=O)c1c(C)c(C#N)c(=O)n(CCCOC(C)C)c1O. The first-order valence-electron chi connectivity index (χ1n) is 10.2. The molecule has 31 heavy (non-hydrogen) atoms. The van der Waals surface area contributed by atoms with E-state index < -0.39 is 29.1 Å². The molecule has 1 unspecified atom stereocenters. The van der Waals surface area contributed by atoms with Crippen LogP contribution in [0.5, 0.6) is 11.6 Å². The number of nitriles is 1. The fourth-order valence-corrected chi connectivity index (χ4v) is 3.17. The number of aromatic nitrogens is 1. The van der Waals surface area contributed by atoms with Gasteiger partial charge in [0.05, 0.1) is 11.7 Å². The van der Waals surface area contributed by atoms with Gasteiger partial charge < -0.3 is 14.6 Å². The van der Waals surface area contributed by atoms with Gasteiger partial charge in [0.25, 0.3) is 5.56 Å². The van der Waals surface area contributed by atoms with E-state index in [1.807, 2.05) is 19.9 Å². The van der Waals surface area contributed by atoms with Gasteiger partial charge in [-0.05, 0) is 51.3 Å². The average molecular weight is 430 g/mol. The normalized spacial score (nSPS) is 11.9. The molecule has 0 fully saturated rings. The molecule has 166 valence electrons. The van der Waals surface area contributed by atoms with Crippen LogP contribution in [0.15, 0.2) is 29.1 Å². The van der Waals surface area contributed by atoms with Crippen LogP contribution >= 0.6 is 0 Å². The van der Waals surface area contributed by atoms with Crippen LogP contribution < -0.4 is 10.3 Å². The summed E-state index contributed by atoms with van der Waals surface area (Å²) in [7, 11) is 0. The van der Waals surface area contributed by atoms with Crippen LogP contribution in [0.4, 0.5) is 4.39 Å². The summed E-state index contributed by atoms with van der Waals surface area (Å²) in [5.74, 6) is -1.89. The van der Waals surface area contributed by atoms with Crippen LogP contribution in [-0.2, 0) is 11.3 Å². The van der Waals surface area contributed by atoms with Crippen molar-refractivity contribution in [3.05, 3.63) is 57.1 Å². The van der Waals surface area contributed by atoms with Crippen molar-refractivity contribution >= 4 is 5.78 Å². The Kier molecular flexibility index (Phi) is 8.34. The van der Waals surface area contributed by atoms with Crippen molar-refractivity contribution in [3.8, 4) is 17.7 Å². The van der Waals surface area contributed by atoms with Crippen LogP contribution in [-0.4, -0.2) is 34.3 Å². The van der Waals surface area contributed by atoms with Crippen molar-refractivity contribution in [1.82, 2.24) is 4.57 Å². The largest absolute Gasteiger partial charge is 0.494 e. The number of hydrogen-bond donors (Lipinski definition) is 1. The summed E-state index contributed by atoms with van der Waals surface area (Å²) in [4.78, 5) is 25.9. The van der Waals surface area contributed by atoms with E-state index in [1.54, 1.807) is 13.0 Å². The van der Waals surface area contributed by atoms with Gasteiger partial charge in [-0.3, -0.25) is 14.2 Å². The summed E-state index contributed by atoms with van der Waals surface area (Å²) in [6.07, 6.45) is -0.509. The molecule has 0 aliphatic rings. The minimum Gasteiger partial charge on any atom is -0.494 e. The molecule has 8 heteroatoms. The lowest BCUT2D eigenvalue weighted by Crippen LogP contribution is -2.32. The summed E-state index contributed by atoms with van der Waals surface area (Å²) >= 11 is 0.